The summed E-state index contributed by atoms with van der Waals surface area (Å²) in [5.41, 5.74) is 1.34. The van der Waals surface area contributed by atoms with Crippen LogP contribution in [0.5, 0.6) is 5.75 Å². The fourth-order valence-corrected chi connectivity index (χ4v) is 3.13. The molecule has 1 aliphatic heterocycles. The zero-order chi connectivity index (χ0) is 20.6. The maximum Gasteiger partial charge on any atom is 0.387 e. The monoisotopic (exact) mass is 403 g/mol. The molecule has 29 heavy (non-hydrogen) atoms. The molecule has 1 saturated heterocycles. The van der Waals surface area contributed by atoms with Crippen molar-refractivity contribution in [3.8, 4) is 5.75 Å². The summed E-state index contributed by atoms with van der Waals surface area (Å²) in [4.78, 5) is 26.5. The number of amides is 3. The van der Waals surface area contributed by atoms with Crippen LogP contribution in [-0.4, -0.2) is 36.5 Å². The quantitative estimate of drug-likeness (QED) is 0.742. The van der Waals surface area contributed by atoms with Crippen LogP contribution in [0.15, 0.2) is 48.5 Å². The van der Waals surface area contributed by atoms with Gasteiger partial charge in [0, 0.05) is 30.0 Å². The lowest BCUT2D eigenvalue weighted by atomic mass is 10.2. The Bertz CT molecular complexity index is 835. The Morgan fingerprint density at radius 1 is 0.897 bits per heavy atom. The molecule has 3 amide bonds. The smallest absolute Gasteiger partial charge is 0.387 e. The average molecular weight is 403 g/mol. The van der Waals surface area contributed by atoms with E-state index in [-0.39, 0.29) is 17.3 Å². The molecule has 2 aromatic carbocycles. The number of benzene rings is 2. The van der Waals surface area contributed by atoms with Crippen LogP contribution in [0, 0.1) is 0 Å². The van der Waals surface area contributed by atoms with Crippen molar-refractivity contribution in [3.05, 3.63) is 54.1 Å². The molecule has 154 valence electrons. The SMILES string of the molecule is O=C(Nc1ccc(NC(=O)N2CCCCCC2)cc1)c1cccc(OC(F)F)c1. The van der Waals surface area contributed by atoms with Crippen LogP contribution in [0.3, 0.4) is 0 Å². The lowest BCUT2D eigenvalue weighted by Crippen LogP contribution is -2.35. The molecule has 0 bridgehead atoms. The molecule has 0 aromatic heterocycles. The molecule has 0 aliphatic carbocycles. The van der Waals surface area contributed by atoms with Gasteiger partial charge in [-0.25, -0.2) is 4.79 Å². The number of ether oxygens (including phenoxy) is 1. The molecule has 0 atom stereocenters. The van der Waals surface area contributed by atoms with Crippen LogP contribution in [0.25, 0.3) is 0 Å². The number of alkyl halides is 2. The van der Waals surface area contributed by atoms with Crippen molar-refractivity contribution in [1.82, 2.24) is 4.90 Å². The number of nitrogens with one attached hydrogen (secondary N) is 2. The average Bonchev–Trinajstić information content (AvgIpc) is 2.99. The molecule has 3 rings (SSSR count). The summed E-state index contributed by atoms with van der Waals surface area (Å²) in [6, 6.07) is 12.2. The van der Waals surface area contributed by atoms with Gasteiger partial charge in [-0.15, -0.1) is 0 Å². The van der Waals surface area contributed by atoms with E-state index in [4.69, 9.17) is 0 Å². The second-order valence-corrected chi connectivity index (χ2v) is 6.77. The first-order valence-electron chi connectivity index (χ1n) is 9.53. The maximum absolute atomic E-state index is 12.4. The zero-order valence-corrected chi connectivity index (χ0v) is 15.9. The van der Waals surface area contributed by atoms with Crippen LogP contribution in [-0.2, 0) is 0 Å². The van der Waals surface area contributed by atoms with Crippen LogP contribution >= 0.6 is 0 Å². The summed E-state index contributed by atoms with van der Waals surface area (Å²) in [5.74, 6) is -0.537. The second-order valence-electron chi connectivity index (χ2n) is 6.77. The minimum absolute atomic E-state index is 0.0841. The van der Waals surface area contributed by atoms with Crippen molar-refractivity contribution in [2.75, 3.05) is 23.7 Å². The summed E-state index contributed by atoms with van der Waals surface area (Å²) in [5, 5.41) is 5.55. The maximum atomic E-state index is 12.4. The molecular weight excluding hydrogens is 380 g/mol. The molecule has 2 N–H and O–H groups in total. The number of rotatable bonds is 5. The molecule has 1 fully saturated rings. The number of anilines is 2. The van der Waals surface area contributed by atoms with Gasteiger partial charge in [0.25, 0.3) is 5.91 Å². The van der Waals surface area contributed by atoms with Gasteiger partial charge in [0.1, 0.15) is 5.75 Å². The number of hydrogen-bond acceptors (Lipinski definition) is 3. The van der Waals surface area contributed by atoms with Crippen molar-refractivity contribution >= 4 is 23.3 Å². The van der Waals surface area contributed by atoms with Gasteiger partial charge in [-0.05, 0) is 55.3 Å². The molecule has 6 nitrogen and oxygen atoms in total. The van der Waals surface area contributed by atoms with Crippen molar-refractivity contribution < 1.29 is 23.1 Å². The first kappa shape index (κ1) is 20.6. The fraction of sp³-hybridized carbons (Fsp3) is 0.333. The highest BCUT2D eigenvalue weighted by Crippen LogP contribution is 2.19. The summed E-state index contributed by atoms with van der Waals surface area (Å²) in [6.45, 7) is -1.44. The van der Waals surface area contributed by atoms with E-state index in [2.05, 4.69) is 15.4 Å². The minimum atomic E-state index is -2.95. The number of nitrogens with zero attached hydrogens (tertiary/aromatic N) is 1. The van der Waals surface area contributed by atoms with E-state index < -0.39 is 12.5 Å². The Balaban J connectivity index is 1.57. The highest BCUT2D eigenvalue weighted by atomic mass is 19.3. The molecule has 1 heterocycles. The standard InChI is InChI=1S/C21H23F2N3O3/c22-20(23)29-18-7-5-6-15(14-18)19(27)24-16-8-10-17(11-9-16)25-21(28)26-12-3-1-2-4-13-26/h5-11,14,20H,1-4,12-13H2,(H,24,27)(H,25,28). The predicted molar refractivity (Wildman–Crippen MR) is 107 cm³/mol. The summed E-state index contributed by atoms with van der Waals surface area (Å²) in [6.07, 6.45) is 4.33. The molecule has 0 radical (unpaired) electrons. The van der Waals surface area contributed by atoms with Gasteiger partial charge in [-0.2, -0.15) is 8.78 Å². The molecule has 0 saturated carbocycles. The van der Waals surface area contributed by atoms with Gasteiger partial charge in [0.05, 0.1) is 0 Å². The van der Waals surface area contributed by atoms with Gasteiger partial charge in [0.15, 0.2) is 0 Å². The molecule has 0 unspecified atom stereocenters. The lowest BCUT2D eigenvalue weighted by Gasteiger charge is -2.20. The topological polar surface area (TPSA) is 70.7 Å². The molecule has 1 aliphatic rings. The first-order valence-corrected chi connectivity index (χ1v) is 9.53. The Labute approximate surface area is 167 Å². The number of carbonyl (C=O) groups excluding carboxylic acids is 2. The lowest BCUT2D eigenvalue weighted by molar-refractivity contribution is -0.0498. The Hall–Kier alpha value is -3.16. The van der Waals surface area contributed by atoms with Gasteiger partial charge < -0.3 is 20.3 Å². The highest BCUT2D eigenvalue weighted by molar-refractivity contribution is 6.04. The van der Waals surface area contributed by atoms with Crippen molar-refractivity contribution in [1.29, 1.82) is 0 Å². The van der Waals surface area contributed by atoms with Crippen molar-refractivity contribution in [2.24, 2.45) is 0 Å². The van der Waals surface area contributed by atoms with Gasteiger partial charge in [-0.1, -0.05) is 18.9 Å². The summed E-state index contributed by atoms with van der Waals surface area (Å²) in [7, 11) is 0. The van der Waals surface area contributed by atoms with Gasteiger partial charge in [0.2, 0.25) is 0 Å². The molecule has 0 spiro atoms. The molecule has 2 aromatic rings. The minimum Gasteiger partial charge on any atom is -0.435 e. The number of halogens is 2. The van der Waals surface area contributed by atoms with Crippen LogP contribution < -0.4 is 15.4 Å². The Morgan fingerprint density at radius 2 is 1.52 bits per heavy atom. The van der Waals surface area contributed by atoms with E-state index in [1.54, 1.807) is 24.3 Å². The second kappa shape index (κ2) is 9.86. The molecule has 8 heteroatoms. The van der Waals surface area contributed by atoms with Crippen LogP contribution in [0.2, 0.25) is 0 Å². The third-order valence-electron chi connectivity index (χ3n) is 4.61. The normalized spacial score (nSPS) is 14.2. The number of hydrogen-bond donors (Lipinski definition) is 2. The van der Waals surface area contributed by atoms with E-state index in [1.807, 2.05) is 4.90 Å². The number of urea groups is 1. The predicted octanol–water partition coefficient (Wildman–Crippen LogP) is 4.95. The van der Waals surface area contributed by atoms with Gasteiger partial charge in [-0.3, -0.25) is 4.79 Å². The Kier molecular flexibility index (Phi) is 6.99. The molecular formula is C21H23F2N3O3. The van der Waals surface area contributed by atoms with Crippen LogP contribution in [0.1, 0.15) is 36.0 Å². The van der Waals surface area contributed by atoms with Crippen molar-refractivity contribution in [2.45, 2.75) is 32.3 Å². The van der Waals surface area contributed by atoms with E-state index in [0.29, 0.717) is 11.4 Å². The van der Waals surface area contributed by atoms with E-state index in [0.717, 1.165) is 38.8 Å². The highest BCUT2D eigenvalue weighted by Gasteiger charge is 2.15. The first-order chi connectivity index (χ1) is 14.0. The van der Waals surface area contributed by atoms with Crippen LogP contribution in [0.4, 0.5) is 25.0 Å². The third kappa shape index (κ3) is 6.17. The Morgan fingerprint density at radius 3 is 2.14 bits per heavy atom. The van der Waals surface area contributed by atoms with E-state index in [9.17, 15) is 18.4 Å². The largest absolute Gasteiger partial charge is 0.435 e. The van der Waals surface area contributed by atoms with Crippen molar-refractivity contribution in [3.63, 3.8) is 0 Å². The summed E-state index contributed by atoms with van der Waals surface area (Å²) < 4.78 is 28.9. The fourth-order valence-electron chi connectivity index (χ4n) is 3.13. The zero-order valence-electron chi connectivity index (χ0n) is 15.9. The van der Waals surface area contributed by atoms with E-state index >= 15 is 0 Å². The van der Waals surface area contributed by atoms with Gasteiger partial charge >= 0.3 is 12.6 Å². The summed E-state index contributed by atoms with van der Waals surface area (Å²) >= 11 is 0. The number of carbonyl (C=O) groups is 2. The number of likely N-dealkylation sites (tertiary alicyclic amines) is 1. The third-order valence-corrected chi connectivity index (χ3v) is 4.61. The van der Waals surface area contributed by atoms with E-state index in [1.165, 1.54) is 24.3 Å².